The summed E-state index contributed by atoms with van der Waals surface area (Å²) in [5.41, 5.74) is 0.177. The van der Waals surface area contributed by atoms with Crippen LogP contribution in [0.15, 0.2) is 24.3 Å². The van der Waals surface area contributed by atoms with Crippen LogP contribution < -0.4 is 4.74 Å². The Labute approximate surface area is 129 Å². The summed E-state index contributed by atoms with van der Waals surface area (Å²) in [6, 6.07) is 5.70. The monoisotopic (exact) mass is 332 g/mol. The van der Waals surface area contributed by atoms with Gasteiger partial charge in [-0.15, -0.1) is 0 Å². The summed E-state index contributed by atoms with van der Waals surface area (Å²) in [4.78, 5) is 14.6. The SMILES string of the molecule is COc1ccc([N+](=O)[O-])c(-c2ccc(Cl)c(Cl)c2Cl)n1. The molecule has 0 fully saturated rings. The van der Waals surface area contributed by atoms with E-state index < -0.39 is 4.92 Å². The number of benzene rings is 1. The van der Waals surface area contributed by atoms with Gasteiger partial charge in [0.2, 0.25) is 5.88 Å². The predicted molar refractivity (Wildman–Crippen MR) is 77.9 cm³/mol. The molecule has 0 saturated carbocycles. The summed E-state index contributed by atoms with van der Waals surface area (Å²) in [7, 11) is 1.41. The van der Waals surface area contributed by atoms with Crippen LogP contribution in [0.4, 0.5) is 5.69 Å². The van der Waals surface area contributed by atoms with Crippen molar-refractivity contribution in [2.24, 2.45) is 0 Å². The largest absolute Gasteiger partial charge is 0.481 e. The average molecular weight is 334 g/mol. The van der Waals surface area contributed by atoms with Crippen LogP contribution in [0.3, 0.4) is 0 Å². The lowest BCUT2D eigenvalue weighted by atomic mass is 10.1. The zero-order chi connectivity index (χ0) is 14.9. The molecule has 0 unspecified atom stereocenters. The molecule has 20 heavy (non-hydrogen) atoms. The molecule has 2 aromatic rings. The number of aromatic nitrogens is 1. The highest BCUT2D eigenvalue weighted by Gasteiger charge is 2.22. The Hall–Kier alpha value is -1.56. The van der Waals surface area contributed by atoms with Gasteiger partial charge in [-0.1, -0.05) is 34.8 Å². The fourth-order valence-corrected chi connectivity index (χ4v) is 2.23. The first-order chi connectivity index (χ1) is 9.45. The van der Waals surface area contributed by atoms with Gasteiger partial charge in [0, 0.05) is 17.7 Å². The number of nitrogens with zero attached hydrogens (tertiary/aromatic N) is 2. The fraction of sp³-hybridized carbons (Fsp3) is 0.0833. The molecule has 0 bridgehead atoms. The van der Waals surface area contributed by atoms with E-state index in [0.29, 0.717) is 5.56 Å². The van der Waals surface area contributed by atoms with Crippen LogP contribution in [0.25, 0.3) is 11.3 Å². The molecule has 0 N–H and O–H groups in total. The first-order valence-electron chi connectivity index (χ1n) is 5.29. The van der Waals surface area contributed by atoms with Crippen molar-refractivity contribution in [1.29, 1.82) is 0 Å². The number of hydrogen-bond donors (Lipinski definition) is 0. The third-order valence-electron chi connectivity index (χ3n) is 2.54. The molecule has 0 aliphatic carbocycles. The molecule has 1 heterocycles. The summed E-state index contributed by atoms with van der Waals surface area (Å²) in [6.07, 6.45) is 0. The minimum Gasteiger partial charge on any atom is -0.481 e. The number of hydrogen-bond acceptors (Lipinski definition) is 4. The van der Waals surface area contributed by atoms with Gasteiger partial charge >= 0.3 is 0 Å². The van der Waals surface area contributed by atoms with Crippen LogP contribution in [0.5, 0.6) is 5.88 Å². The van der Waals surface area contributed by atoms with Crippen LogP contribution in [-0.4, -0.2) is 17.0 Å². The van der Waals surface area contributed by atoms with E-state index in [1.807, 2.05) is 0 Å². The molecule has 1 aromatic carbocycles. The van der Waals surface area contributed by atoms with Crippen molar-refractivity contribution in [3.63, 3.8) is 0 Å². The highest BCUT2D eigenvalue weighted by molar-refractivity contribution is 6.49. The maximum absolute atomic E-state index is 11.1. The van der Waals surface area contributed by atoms with Crippen LogP contribution in [0, 0.1) is 10.1 Å². The van der Waals surface area contributed by atoms with Gasteiger partial charge in [-0.25, -0.2) is 4.98 Å². The Bertz CT molecular complexity index is 692. The van der Waals surface area contributed by atoms with Gasteiger partial charge in [0.25, 0.3) is 5.69 Å². The molecule has 0 aliphatic heterocycles. The third-order valence-corrected chi connectivity index (χ3v) is 3.84. The number of pyridine rings is 1. The molecule has 0 spiro atoms. The van der Waals surface area contributed by atoms with Gasteiger partial charge in [-0.3, -0.25) is 10.1 Å². The van der Waals surface area contributed by atoms with E-state index >= 15 is 0 Å². The first kappa shape index (κ1) is 14.8. The van der Waals surface area contributed by atoms with E-state index in [1.165, 1.54) is 31.4 Å². The number of ether oxygens (including phenoxy) is 1. The lowest BCUT2D eigenvalue weighted by Crippen LogP contribution is -1.97. The summed E-state index contributed by atoms with van der Waals surface area (Å²) in [5.74, 6) is 0.229. The molecule has 0 saturated heterocycles. The second-order valence-corrected chi connectivity index (χ2v) is 4.86. The van der Waals surface area contributed by atoms with Crippen molar-refractivity contribution < 1.29 is 9.66 Å². The second-order valence-electron chi connectivity index (χ2n) is 3.70. The van der Waals surface area contributed by atoms with Crippen molar-refractivity contribution >= 4 is 40.5 Å². The third kappa shape index (κ3) is 2.65. The summed E-state index contributed by atoms with van der Waals surface area (Å²) < 4.78 is 4.97. The number of rotatable bonds is 3. The standard InChI is InChI=1S/C12H7Cl3N2O3/c1-20-9-5-4-8(17(18)19)12(16-9)6-2-3-7(13)11(15)10(6)14/h2-5H,1H3. The Morgan fingerprint density at radius 3 is 2.45 bits per heavy atom. The Kier molecular flexibility index (Phi) is 4.32. The van der Waals surface area contributed by atoms with Gasteiger partial charge in [-0.05, 0) is 12.1 Å². The summed E-state index contributed by atoms with van der Waals surface area (Å²) in [5, 5.41) is 11.6. The molecule has 1 aromatic heterocycles. The zero-order valence-electron chi connectivity index (χ0n) is 10.1. The van der Waals surface area contributed by atoms with Gasteiger partial charge < -0.3 is 4.74 Å². The van der Waals surface area contributed by atoms with Crippen LogP contribution >= 0.6 is 34.8 Å². The number of halogens is 3. The Morgan fingerprint density at radius 1 is 1.15 bits per heavy atom. The maximum atomic E-state index is 11.1. The molecule has 0 atom stereocenters. The molecular weight excluding hydrogens is 327 g/mol. The fourth-order valence-electron chi connectivity index (χ4n) is 1.60. The van der Waals surface area contributed by atoms with E-state index in [2.05, 4.69) is 4.98 Å². The van der Waals surface area contributed by atoms with E-state index in [4.69, 9.17) is 39.5 Å². The van der Waals surface area contributed by atoms with Crippen molar-refractivity contribution in [3.8, 4) is 17.1 Å². The molecule has 8 heteroatoms. The molecular formula is C12H7Cl3N2O3. The maximum Gasteiger partial charge on any atom is 0.295 e. The van der Waals surface area contributed by atoms with Crippen molar-refractivity contribution in [2.45, 2.75) is 0 Å². The lowest BCUT2D eigenvalue weighted by molar-refractivity contribution is -0.384. The highest BCUT2D eigenvalue weighted by Crippen LogP contribution is 2.40. The van der Waals surface area contributed by atoms with Gasteiger partial charge in [0.1, 0.15) is 0 Å². The number of methoxy groups -OCH3 is 1. The van der Waals surface area contributed by atoms with Crippen LogP contribution in [0.1, 0.15) is 0 Å². The topological polar surface area (TPSA) is 65.3 Å². The van der Waals surface area contributed by atoms with Crippen molar-refractivity contribution in [3.05, 3.63) is 49.4 Å². The van der Waals surface area contributed by atoms with Crippen LogP contribution in [0.2, 0.25) is 15.1 Å². The molecule has 0 aliphatic rings. The summed E-state index contributed by atoms with van der Waals surface area (Å²) in [6.45, 7) is 0. The summed E-state index contributed by atoms with van der Waals surface area (Å²) >= 11 is 17.9. The minimum atomic E-state index is -0.555. The lowest BCUT2D eigenvalue weighted by Gasteiger charge is -2.08. The Balaban J connectivity index is 2.73. The van der Waals surface area contributed by atoms with Gasteiger partial charge in [-0.2, -0.15) is 0 Å². The van der Waals surface area contributed by atoms with Crippen LogP contribution in [-0.2, 0) is 0 Å². The zero-order valence-corrected chi connectivity index (χ0v) is 12.3. The van der Waals surface area contributed by atoms with E-state index in [1.54, 1.807) is 0 Å². The van der Waals surface area contributed by atoms with E-state index in [-0.39, 0.29) is 32.3 Å². The smallest absolute Gasteiger partial charge is 0.295 e. The highest BCUT2D eigenvalue weighted by atomic mass is 35.5. The molecule has 5 nitrogen and oxygen atoms in total. The van der Waals surface area contributed by atoms with E-state index in [9.17, 15) is 10.1 Å². The Morgan fingerprint density at radius 2 is 1.85 bits per heavy atom. The van der Waals surface area contributed by atoms with Gasteiger partial charge in [0.15, 0.2) is 5.69 Å². The molecule has 0 amide bonds. The molecule has 0 radical (unpaired) electrons. The first-order valence-corrected chi connectivity index (χ1v) is 6.42. The molecule has 2 rings (SSSR count). The van der Waals surface area contributed by atoms with Crippen molar-refractivity contribution in [2.75, 3.05) is 7.11 Å². The van der Waals surface area contributed by atoms with Crippen molar-refractivity contribution in [1.82, 2.24) is 4.98 Å². The average Bonchev–Trinajstić information content (AvgIpc) is 2.44. The van der Waals surface area contributed by atoms with E-state index in [0.717, 1.165) is 0 Å². The second kappa shape index (κ2) is 5.83. The number of nitro groups is 1. The normalized spacial score (nSPS) is 10.4. The van der Waals surface area contributed by atoms with Gasteiger partial charge in [0.05, 0.1) is 27.1 Å². The minimum absolute atomic E-state index is 0.0675. The quantitative estimate of drug-likeness (QED) is 0.467. The predicted octanol–water partition coefficient (Wildman–Crippen LogP) is 4.63. The molecule has 104 valence electrons.